The van der Waals surface area contributed by atoms with E-state index in [0.29, 0.717) is 17.7 Å². The summed E-state index contributed by atoms with van der Waals surface area (Å²) in [6.45, 7) is 10.5. The first-order valence-corrected chi connectivity index (χ1v) is 15.0. The Morgan fingerprint density at radius 3 is 2.17 bits per heavy atom. The maximum atomic E-state index is 11.7. The fourth-order valence-electron chi connectivity index (χ4n) is 3.76. The number of nitro groups is 1. The number of carbonyl (C=O) groups excluding carboxylic acids is 3. The molecule has 0 radical (unpaired) electrons. The highest BCUT2D eigenvalue weighted by Crippen LogP contribution is 2.20. The molecule has 13 heteroatoms. The van der Waals surface area contributed by atoms with Crippen LogP contribution in [0.4, 0.5) is 21.0 Å². The second kappa shape index (κ2) is 27.7. The number of benzene rings is 2. The number of nitrogens with zero attached hydrogens (tertiary/aromatic N) is 1. The van der Waals surface area contributed by atoms with E-state index in [1.165, 1.54) is 63.5 Å². The number of methoxy groups -OCH3 is 1. The van der Waals surface area contributed by atoms with E-state index in [1.807, 2.05) is 27.6 Å². The molecule has 2 aromatic rings. The summed E-state index contributed by atoms with van der Waals surface area (Å²) in [6.07, 6.45) is 10.0. The van der Waals surface area contributed by atoms with E-state index in [1.54, 1.807) is 25.2 Å². The third-order valence-electron chi connectivity index (χ3n) is 6.04. The molecule has 0 fully saturated rings. The number of rotatable bonds is 8. The number of amides is 1. The minimum Gasteiger partial charge on any atom is -0.468 e. The summed E-state index contributed by atoms with van der Waals surface area (Å²) in [7, 11) is 3.05. The molecule has 0 aromatic heterocycles. The number of anilines is 1. The maximum absolute atomic E-state index is 11.7. The van der Waals surface area contributed by atoms with Gasteiger partial charge in [-0.1, -0.05) is 52.3 Å². The standard InChI is InChI=1S/C17H16N2O7.C9H16.C4H9NO2.C2H6.CH2O/c1-2-11-9-13(18-16(20)21)4-3-12(11)10-25-17(22)26-15-7-5-14(6-8-15)19(23)24;1-9-7-5-3-2-4-6-8-9;1-5-3-4(6)7-2;2*1-2/h3-9,18H,2,10H2,1H3,(H,20,21);2-3,9H,4-8H2,1H3;5H,3H2,1-2H3;1-2H3;1H2/b;3-2+;;;. The van der Waals surface area contributed by atoms with Crippen molar-refractivity contribution in [2.24, 2.45) is 5.92 Å². The van der Waals surface area contributed by atoms with E-state index in [0.717, 1.165) is 11.5 Å². The lowest BCUT2D eigenvalue weighted by Crippen LogP contribution is -2.19. The van der Waals surface area contributed by atoms with Gasteiger partial charge in [0.25, 0.3) is 5.69 Å². The fraction of sp³-hybridized carbons (Fsp3) is 0.455. The lowest BCUT2D eigenvalue weighted by atomic mass is 9.96. The molecular weight excluding hydrogens is 598 g/mol. The lowest BCUT2D eigenvalue weighted by molar-refractivity contribution is -0.384. The van der Waals surface area contributed by atoms with Crippen molar-refractivity contribution in [2.75, 3.05) is 26.0 Å². The first-order chi connectivity index (χ1) is 22.1. The highest BCUT2D eigenvalue weighted by Gasteiger charge is 2.11. The number of hydrogen-bond donors (Lipinski definition) is 3. The lowest BCUT2D eigenvalue weighted by Gasteiger charge is -2.11. The van der Waals surface area contributed by atoms with Gasteiger partial charge in [-0.05, 0) is 80.5 Å². The molecule has 46 heavy (non-hydrogen) atoms. The number of nitro benzene ring substituents is 1. The molecular formula is C33H49N3O10. The van der Waals surface area contributed by atoms with Crippen LogP contribution in [0.2, 0.25) is 0 Å². The highest BCUT2D eigenvalue weighted by molar-refractivity contribution is 5.83. The zero-order valence-corrected chi connectivity index (χ0v) is 27.7. The van der Waals surface area contributed by atoms with E-state index in [-0.39, 0.29) is 30.6 Å². The maximum Gasteiger partial charge on any atom is 0.514 e. The largest absolute Gasteiger partial charge is 0.514 e. The van der Waals surface area contributed by atoms with Crippen molar-refractivity contribution < 1.29 is 43.4 Å². The van der Waals surface area contributed by atoms with Crippen molar-refractivity contribution in [3.05, 3.63) is 75.9 Å². The predicted octanol–water partition coefficient (Wildman–Crippen LogP) is 7.33. The number of likely N-dealkylation sites (N-methyl/N-ethyl adjacent to an activating group) is 1. The molecule has 1 aliphatic carbocycles. The van der Waals surface area contributed by atoms with E-state index in [4.69, 9.17) is 19.4 Å². The van der Waals surface area contributed by atoms with Gasteiger partial charge in [-0.3, -0.25) is 20.2 Å². The molecule has 0 spiro atoms. The number of carboxylic acid groups (broad SMARTS) is 1. The predicted molar refractivity (Wildman–Crippen MR) is 177 cm³/mol. The van der Waals surface area contributed by atoms with Crippen LogP contribution in [0.5, 0.6) is 5.75 Å². The van der Waals surface area contributed by atoms with Gasteiger partial charge >= 0.3 is 18.2 Å². The molecule has 1 aliphatic rings. The van der Waals surface area contributed by atoms with Crippen molar-refractivity contribution in [1.29, 1.82) is 0 Å². The minimum absolute atomic E-state index is 0.0532. The molecule has 0 bridgehead atoms. The molecule has 0 heterocycles. The normalized spacial score (nSPS) is 13.6. The van der Waals surface area contributed by atoms with Gasteiger partial charge in [0.05, 0.1) is 18.6 Å². The average Bonchev–Trinajstić information content (AvgIpc) is 3.04. The molecule has 3 rings (SSSR count). The summed E-state index contributed by atoms with van der Waals surface area (Å²) < 4.78 is 14.3. The number of nitrogens with one attached hydrogen (secondary N) is 2. The summed E-state index contributed by atoms with van der Waals surface area (Å²) in [5, 5.41) is 24.2. The molecule has 13 nitrogen and oxygen atoms in total. The van der Waals surface area contributed by atoms with E-state index in [2.05, 4.69) is 34.4 Å². The van der Waals surface area contributed by atoms with Crippen LogP contribution in [0.15, 0.2) is 54.6 Å². The Labute approximate surface area is 271 Å². The van der Waals surface area contributed by atoms with Gasteiger partial charge < -0.3 is 29.4 Å². The van der Waals surface area contributed by atoms with Crippen LogP contribution >= 0.6 is 0 Å². The van der Waals surface area contributed by atoms with E-state index < -0.39 is 17.2 Å². The summed E-state index contributed by atoms with van der Waals surface area (Å²) in [5.41, 5.74) is 1.84. The number of esters is 1. The quantitative estimate of drug-likeness (QED) is 0.0857. The highest BCUT2D eigenvalue weighted by atomic mass is 16.7. The fourth-order valence-corrected chi connectivity index (χ4v) is 3.76. The Morgan fingerprint density at radius 1 is 1.02 bits per heavy atom. The molecule has 2 aromatic carbocycles. The van der Waals surface area contributed by atoms with Crippen LogP contribution < -0.4 is 15.4 Å². The van der Waals surface area contributed by atoms with Gasteiger partial charge in [-0.2, -0.15) is 0 Å². The van der Waals surface area contributed by atoms with Crippen LogP contribution in [0.25, 0.3) is 0 Å². The third kappa shape index (κ3) is 21.0. The van der Waals surface area contributed by atoms with Crippen molar-refractivity contribution in [2.45, 2.75) is 72.8 Å². The summed E-state index contributed by atoms with van der Waals surface area (Å²) in [6, 6.07) is 9.90. The van der Waals surface area contributed by atoms with Gasteiger partial charge in [0.1, 0.15) is 19.1 Å². The first kappa shape index (κ1) is 43.3. The van der Waals surface area contributed by atoms with Crippen LogP contribution in [0, 0.1) is 16.0 Å². The molecule has 0 aliphatic heterocycles. The first-order valence-electron chi connectivity index (χ1n) is 15.0. The number of ether oxygens (including phenoxy) is 3. The topological polar surface area (TPSA) is 183 Å². The summed E-state index contributed by atoms with van der Waals surface area (Å²) in [4.78, 5) is 50.6. The van der Waals surface area contributed by atoms with Crippen molar-refractivity contribution in [3.63, 3.8) is 0 Å². The molecule has 1 amide bonds. The van der Waals surface area contributed by atoms with Gasteiger partial charge in [0.15, 0.2) is 0 Å². The Kier molecular flexibility index (Phi) is 26.1. The molecule has 1 atom stereocenters. The molecule has 0 saturated heterocycles. The van der Waals surface area contributed by atoms with E-state index >= 15 is 0 Å². The van der Waals surface area contributed by atoms with Gasteiger partial charge in [-0.25, -0.2) is 9.59 Å². The Hall–Kier alpha value is -4.78. The van der Waals surface area contributed by atoms with E-state index in [9.17, 15) is 24.5 Å². The summed E-state index contributed by atoms with van der Waals surface area (Å²) in [5.74, 6) is 0.856. The Balaban J connectivity index is 0. The number of allylic oxidation sites excluding steroid dienone is 2. The van der Waals surface area contributed by atoms with Gasteiger partial charge in [0.2, 0.25) is 0 Å². The van der Waals surface area contributed by atoms with Crippen molar-refractivity contribution in [1.82, 2.24) is 5.32 Å². The third-order valence-corrected chi connectivity index (χ3v) is 6.04. The molecule has 3 N–H and O–H groups in total. The van der Waals surface area contributed by atoms with Gasteiger partial charge in [0, 0.05) is 17.8 Å². The molecule has 0 saturated carbocycles. The SMILES string of the molecule is C=O.CC.CC1CC/C=C/CCC1.CCc1cc(NC(=O)O)ccc1COC(=O)Oc1ccc([N+](=O)[O-])cc1.CNCC(=O)OC. The second-order valence-electron chi connectivity index (χ2n) is 9.35. The number of aryl methyl sites for hydroxylation is 1. The smallest absolute Gasteiger partial charge is 0.468 e. The monoisotopic (exact) mass is 647 g/mol. The number of carbonyl (C=O) groups is 4. The number of non-ortho nitro benzene ring substituents is 1. The van der Waals surface area contributed by atoms with Crippen molar-refractivity contribution in [3.8, 4) is 5.75 Å². The number of hydrogen-bond acceptors (Lipinski definition) is 10. The Morgan fingerprint density at radius 2 is 1.65 bits per heavy atom. The van der Waals surface area contributed by atoms with Crippen LogP contribution in [0.3, 0.4) is 0 Å². The minimum atomic E-state index is -1.16. The zero-order valence-electron chi connectivity index (χ0n) is 27.7. The second-order valence-corrected chi connectivity index (χ2v) is 9.35. The van der Waals surface area contributed by atoms with Gasteiger partial charge in [-0.15, -0.1) is 0 Å². The van der Waals surface area contributed by atoms with Crippen LogP contribution in [-0.2, 0) is 32.1 Å². The summed E-state index contributed by atoms with van der Waals surface area (Å²) >= 11 is 0. The van der Waals surface area contributed by atoms with Crippen LogP contribution in [0.1, 0.15) is 70.9 Å². The molecule has 1 unspecified atom stereocenters. The average molecular weight is 648 g/mol. The van der Waals surface area contributed by atoms with Crippen LogP contribution in [-0.4, -0.2) is 55.7 Å². The van der Waals surface area contributed by atoms with Crippen molar-refractivity contribution >= 4 is 36.4 Å². The molecule has 256 valence electrons. The Bertz CT molecular complexity index is 1190. The zero-order chi connectivity index (χ0) is 35.3.